The molecule has 2 aliphatic heterocycles. The standard InChI is InChI=1S/C26H26IN6O3/c34-18-6-8-32(9-7-18)17-1-4-23(28-13-17)31-21-3-2-19(20-14-30-26(35)25(20)21)22-15-29-24-11-16(12-27-36)5-10-33(22)24/h1-5,10-11,13,15,18,34,36H,6-9,12,14H2,(H,28,31)(H,30,35)/q-1. The zero-order valence-electron chi connectivity index (χ0n) is 19.5. The number of nitrogens with one attached hydrogen (secondary N) is 2. The van der Waals surface area contributed by atoms with Crippen LogP contribution in [0.25, 0.3) is 16.9 Å². The summed E-state index contributed by atoms with van der Waals surface area (Å²) >= 11 is -0.814. The maximum atomic E-state index is 12.8. The third-order valence-electron chi connectivity index (χ3n) is 6.87. The second-order valence-electron chi connectivity index (χ2n) is 9.10. The van der Waals surface area contributed by atoms with Crippen LogP contribution in [-0.4, -0.2) is 48.0 Å². The Bertz CT molecular complexity index is 1430. The molecular formula is C26H26IN6O3-. The third kappa shape index (κ3) is 4.29. The van der Waals surface area contributed by atoms with Crippen LogP contribution >= 0.6 is 0 Å². The van der Waals surface area contributed by atoms with Crippen LogP contribution in [0.1, 0.15) is 34.3 Å². The minimum atomic E-state index is -0.814. The van der Waals surface area contributed by atoms with Crippen molar-refractivity contribution >= 4 is 28.7 Å². The summed E-state index contributed by atoms with van der Waals surface area (Å²) in [4.78, 5) is 24.2. The molecule has 0 unspecified atom stereocenters. The zero-order valence-corrected chi connectivity index (χ0v) is 21.6. The zero-order chi connectivity index (χ0) is 24.6. The summed E-state index contributed by atoms with van der Waals surface area (Å²) in [6.07, 6.45) is 6.97. The van der Waals surface area contributed by atoms with Crippen LogP contribution in [-0.2, 0) is 11.0 Å². The molecule has 10 heteroatoms. The Labute approximate surface area is 219 Å². The summed E-state index contributed by atoms with van der Waals surface area (Å²) in [5.41, 5.74) is 7.08. The molecule has 0 aliphatic carbocycles. The quantitative estimate of drug-likeness (QED) is 0.181. The van der Waals surface area contributed by atoms with Crippen LogP contribution in [0.2, 0.25) is 0 Å². The van der Waals surface area contributed by atoms with Crippen molar-refractivity contribution in [2.75, 3.05) is 23.3 Å². The van der Waals surface area contributed by atoms with Crippen molar-refractivity contribution in [3.8, 4) is 11.3 Å². The molecule has 6 rings (SSSR count). The SMILES string of the molecule is O=C1NCc2c(-c3cnc4cc(C[I-]O)ccn34)ccc(Nc3ccc(N4CCC(O)CC4)cn3)c21. The van der Waals surface area contributed by atoms with Crippen molar-refractivity contribution in [1.82, 2.24) is 19.7 Å². The Morgan fingerprint density at radius 3 is 2.75 bits per heavy atom. The van der Waals surface area contributed by atoms with Gasteiger partial charge in [-0.2, -0.15) is 0 Å². The molecule has 1 aromatic carbocycles. The van der Waals surface area contributed by atoms with Gasteiger partial charge >= 0.3 is 149 Å². The second-order valence-corrected chi connectivity index (χ2v) is 10.5. The molecule has 0 atom stereocenters. The van der Waals surface area contributed by atoms with Crippen molar-refractivity contribution in [3.05, 3.63) is 71.7 Å². The molecule has 186 valence electrons. The van der Waals surface area contributed by atoms with Gasteiger partial charge in [-0.1, -0.05) is 0 Å². The Kier molecular flexibility index (Phi) is 6.23. The van der Waals surface area contributed by atoms with Gasteiger partial charge in [0.1, 0.15) is 0 Å². The van der Waals surface area contributed by atoms with E-state index in [1.165, 1.54) is 0 Å². The molecule has 1 fully saturated rings. The summed E-state index contributed by atoms with van der Waals surface area (Å²) in [5.74, 6) is 0.556. The molecule has 0 saturated carbocycles. The van der Waals surface area contributed by atoms with E-state index in [-0.39, 0.29) is 12.0 Å². The van der Waals surface area contributed by atoms with E-state index < -0.39 is 21.6 Å². The van der Waals surface area contributed by atoms with E-state index in [0.717, 1.165) is 59.7 Å². The number of anilines is 3. The Balaban J connectivity index is 1.29. The number of fused-ring (bicyclic) bond motifs is 2. The number of nitrogens with zero attached hydrogens (tertiary/aromatic N) is 4. The van der Waals surface area contributed by atoms with Gasteiger partial charge in [0, 0.05) is 13.1 Å². The van der Waals surface area contributed by atoms with Gasteiger partial charge in [-0.05, 0) is 25.0 Å². The monoisotopic (exact) mass is 597 g/mol. The molecule has 1 saturated heterocycles. The van der Waals surface area contributed by atoms with Gasteiger partial charge in [0.2, 0.25) is 0 Å². The maximum absolute atomic E-state index is 12.8. The first kappa shape index (κ1) is 23.2. The number of halogens is 1. The average molecular weight is 597 g/mol. The van der Waals surface area contributed by atoms with Crippen molar-refractivity contribution in [2.45, 2.75) is 29.9 Å². The van der Waals surface area contributed by atoms with Crippen LogP contribution in [0.3, 0.4) is 0 Å². The molecule has 2 aliphatic rings. The van der Waals surface area contributed by atoms with Crippen molar-refractivity contribution in [2.24, 2.45) is 0 Å². The molecule has 0 radical (unpaired) electrons. The average Bonchev–Trinajstić information content (AvgIpc) is 3.49. The summed E-state index contributed by atoms with van der Waals surface area (Å²) in [6, 6.07) is 11.9. The van der Waals surface area contributed by atoms with Gasteiger partial charge in [-0.25, -0.2) is 4.98 Å². The van der Waals surface area contributed by atoms with Crippen LogP contribution < -0.4 is 37.2 Å². The molecule has 0 bridgehead atoms. The van der Waals surface area contributed by atoms with E-state index >= 15 is 0 Å². The number of piperidine rings is 1. The van der Waals surface area contributed by atoms with E-state index in [4.69, 9.17) is 0 Å². The topological polar surface area (TPSA) is 115 Å². The number of carbonyl (C=O) groups is 1. The molecule has 1 amide bonds. The fourth-order valence-electron chi connectivity index (χ4n) is 4.98. The first-order valence-electron chi connectivity index (χ1n) is 11.9. The fraction of sp³-hybridized carbons (Fsp3) is 0.269. The predicted octanol–water partition coefficient (Wildman–Crippen LogP) is -0.159. The molecule has 5 heterocycles. The second kappa shape index (κ2) is 9.68. The molecule has 9 nitrogen and oxygen atoms in total. The summed E-state index contributed by atoms with van der Waals surface area (Å²) in [7, 11) is 0. The Morgan fingerprint density at radius 1 is 1.11 bits per heavy atom. The summed E-state index contributed by atoms with van der Waals surface area (Å²) in [5, 5.41) is 16.0. The van der Waals surface area contributed by atoms with Crippen LogP contribution in [0.15, 0.2) is 55.0 Å². The Morgan fingerprint density at radius 2 is 1.97 bits per heavy atom. The van der Waals surface area contributed by atoms with Crippen molar-refractivity contribution in [3.63, 3.8) is 0 Å². The van der Waals surface area contributed by atoms with Crippen LogP contribution in [0.5, 0.6) is 0 Å². The number of imidazole rings is 1. The number of benzene rings is 1. The van der Waals surface area contributed by atoms with Gasteiger partial charge in [-0.3, -0.25) is 0 Å². The predicted molar refractivity (Wildman–Crippen MR) is 133 cm³/mol. The third-order valence-corrected chi connectivity index (χ3v) is 8.10. The van der Waals surface area contributed by atoms with E-state index in [9.17, 15) is 13.3 Å². The van der Waals surface area contributed by atoms with Crippen molar-refractivity contribution < 1.29 is 35.0 Å². The number of aliphatic hydroxyl groups is 1. The number of rotatable bonds is 6. The van der Waals surface area contributed by atoms with Crippen molar-refractivity contribution in [1.29, 1.82) is 0 Å². The molecule has 0 spiro atoms. The molecule has 4 aromatic rings. The van der Waals surface area contributed by atoms with E-state index in [2.05, 4.69) is 25.5 Å². The van der Waals surface area contributed by atoms with E-state index in [1.54, 1.807) is 0 Å². The van der Waals surface area contributed by atoms with E-state index in [1.807, 2.05) is 59.4 Å². The number of amides is 1. The van der Waals surface area contributed by atoms with Gasteiger partial charge in [-0.15, -0.1) is 0 Å². The normalized spacial score (nSPS) is 15.9. The minimum absolute atomic E-state index is 0.110. The number of hydrogen-bond acceptors (Lipinski definition) is 7. The number of aromatic nitrogens is 3. The number of hydrogen-bond donors (Lipinski definition) is 4. The summed E-state index contributed by atoms with van der Waals surface area (Å²) < 4.78 is 12.1. The van der Waals surface area contributed by atoms with Crippen LogP contribution in [0.4, 0.5) is 17.2 Å². The summed E-state index contributed by atoms with van der Waals surface area (Å²) in [6.45, 7) is 2.09. The number of carbonyl (C=O) groups excluding carboxylic acids is 1. The molecule has 4 N–H and O–H groups in total. The number of aliphatic hydroxyl groups excluding tert-OH is 1. The molecular weight excluding hydrogens is 571 g/mol. The molecule has 36 heavy (non-hydrogen) atoms. The van der Waals surface area contributed by atoms with Gasteiger partial charge in [0.25, 0.3) is 0 Å². The first-order valence-corrected chi connectivity index (χ1v) is 14.4. The fourth-order valence-corrected chi connectivity index (χ4v) is 5.84. The number of pyridine rings is 2. The van der Waals surface area contributed by atoms with Gasteiger partial charge in [0.05, 0.1) is 18.0 Å². The van der Waals surface area contributed by atoms with E-state index in [0.29, 0.717) is 28.0 Å². The van der Waals surface area contributed by atoms with Gasteiger partial charge in [0.15, 0.2) is 0 Å². The van der Waals surface area contributed by atoms with Crippen LogP contribution in [0, 0.1) is 0 Å². The first-order chi connectivity index (χ1) is 17.6. The Hall–Kier alpha value is -3.22. The number of alkyl halides is 1. The van der Waals surface area contributed by atoms with Gasteiger partial charge < -0.3 is 10.0 Å². The molecule has 3 aromatic heterocycles.